The maximum atomic E-state index is 12.4. The Morgan fingerprint density at radius 3 is 2.72 bits per heavy atom. The number of amides is 1. The van der Waals surface area contributed by atoms with Gasteiger partial charge < -0.3 is 11.1 Å². The molecule has 3 aromatic rings. The van der Waals surface area contributed by atoms with Gasteiger partial charge in [0.05, 0.1) is 12.1 Å². The zero-order valence-electron chi connectivity index (χ0n) is 13.6. The Bertz CT molecular complexity index is 903. The lowest BCUT2D eigenvalue weighted by Gasteiger charge is -2.08. The number of nitrogens with zero attached hydrogens (tertiary/aromatic N) is 2. The van der Waals surface area contributed by atoms with Crippen LogP contribution in [0.15, 0.2) is 54.7 Å². The van der Waals surface area contributed by atoms with Crippen LogP contribution < -0.4 is 11.1 Å². The fourth-order valence-electron chi connectivity index (χ4n) is 2.57. The maximum absolute atomic E-state index is 12.4. The molecule has 6 heteroatoms. The summed E-state index contributed by atoms with van der Waals surface area (Å²) in [4.78, 5) is 23.2. The molecule has 25 heavy (non-hydrogen) atoms. The Hall–Kier alpha value is -2.57. The minimum atomic E-state index is -0.436. The molecule has 0 bridgehead atoms. The summed E-state index contributed by atoms with van der Waals surface area (Å²) in [5.74, 6) is 0.352. The molecule has 2 heterocycles. The highest BCUT2D eigenvalue weighted by Crippen LogP contribution is 2.40. The van der Waals surface area contributed by atoms with Crippen molar-refractivity contribution in [3.8, 4) is 10.4 Å². The highest BCUT2D eigenvalue weighted by molar-refractivity contribution is 7.15. The van der Waals surface area contributed by atoms with Crippen molar-refractivity contribution in [1.29, 1.82) is 0 Å². The Morgan fingerprint density at radius 2 is 1.96 bits per heavy atom. The van der Waals surface area contributed by atoms with E-state index in [2.05, 4.69) is 33.5 Å². The number of nitrogens with one attached hydrogen (secondary N) is 1. The molecule has 0 unspecified atom stereocenters. The molecule has 1 aliphatic carbocycles. The maximum Gasteiger partial charge on any atom is 0.270 e. The quantitative estimate of drug-likeness (QED) is 0.741. The average Bonchev–Trinajstić information content (AvgIpc) is 3.24. The van der Waals surface area contributed by atoms with Crippen molar-refractivity contribution in [1.82, 2.24) is 15.3 Å². The number of benzene rings is 1. The number of carbonyl (C=O) groups is 1. The molecule has 2 aromatic heterocycles. The van der Waals surface area contributed by atoms with Crippen LogP contribution in [0.25, 0.3) is 10.4 Å². The fraction of sp³-hybridized carbons (Fsp3) is 0.211. The summed E-state index contributed by atoms with van der Waals surface area (Å²) < 4.78 is 0. The molecule has 0 saturated heterocycles. The van der Waals surface area contributed by atoms with Crippen molar-refractivity contribution >= 4 is 17.2 Å². The summed E-state index contributed by atoms with van der Waals surface area (Å²) in [6, 6.07) is 15.9. The van der Waals surface area contributed by atoms with Crippen molar-refractivity contribution in [3.63, 3.8) is 0 Å². The first-order chi connectivity index (χ1) is 12.1. The molecule has 5 nitrogen and oxygen atoms in total. The number of thiophene rings is 1. The second kappa shape index (κ2) is 6.38. The van der Waals surface area contributed by atoms with Crippen molar-refractivity contribution in [2.24, 2.45) is 5.73 Å². The van der Waals surface area contributed by atoms with Crippen molar-refractivity contribution in [3.05, 3.63) is 71.1 Å². The van der Waals surface area contributed by atoms with Crippen LogP contribution >= 0.6 is 11.3 Å². The van der Waals surface area contributed by atoms with Gasteiger partial charge in [0.25, 0.3) is 5.91 Å². The highest BCUT2D eigenvalue weighted by Gasteiger charge is 2.43. The van der Waals surface area contributed by atoms with Crippen LogP contribution in [0, 0.1) is 0 Å². The second-order valence-corrected chi connectivity index (χ2v) is 7.40. The molecule has 3 N–H and O–H groups in total. The third-order valence-electron chi connectivity index (χ3n) is 4.27. The summed E-state index contributed by atoms with van der Waals surface area (Å²) in [5.41, 5.74) is 7.22. The predicted molar refractivity (Wildman–Crippen MR) is 98.1 cm³/mol. The number of carbonyl (C=O) groups excluding carboxylic acids is 1. The molecule has 0 aliphatic heterocycles. The summed E-state index contributed by atoms with van der Waals surface area (Å²) in [7, 11) is 0. The molecule has 1 amide bonds. The second-order valence-electron chi connectivity index (χ2n) is 6.24. The van der Waals surface area contributed by atoms with E-state index in [-0.39, 0.29) is 5.91 Å². The number of nitrogens with two attached hydrogens (primary N) is 1. The molecule has 1 aromatic carbocycles. The third-order valence-corrected chi connectivity index (χ3v) is 5.40. The van der Waals surface area contributed by atoms with E-state index in [1.165, 1.54) is 10.4 Å². The zero-order chi connectivity index (χ0) is 17.3. The monoisotopic (exact) mass is 350 g/mol. The molecule has 1 saturated carbocycles. The van der Waals surface area contributed by atoms with Crippen LogP contribution in [0.3, 0.4) is 0 Å². The molecular formula is C19H18N4OS. The van der Waals surface area contributed by atoms with Gasteiger partial charge in [-0.15, -0.1) is 11.3 Å². The van der Waals surface area contributed by atoms with Gasteiger partial charge in [0.2, 0.25) is 0 Å². The minimum absolute atomic E-state index is 0.206. The summed E-state index contributed by atoms with van der Waals surface area (Å²) in [6.07, 6.45) is 3.34. The van der Waals surface area contributed by atoms with Gasteiger partial charge in [-0.1, -0.05) is 30.3 Å². The van der Waals surface area contributed by atoms with Gasteiger partial charge in [0, 0.05) is 16.0 Å². The first kappa shape index (κ1) is 15.9. The number of rotatable bonds is 5. The molecule has 1 fully saturated rings. The highest BCUT2D eigenvalue weighted by atomic mass is 32.1. The van der Waals surface area contributed by atoms with Crippen molar-refractivity contribution in [2.75, 3.05) is 0 Å². The lowest BCUT2D eigenvalue weighted by molar-refractivity contribution is 0.0945. The first-order valence-electron chi connectivity index (χ1n) is 8.19. The molecular weight excluding hydrogens is 332 g/mol. The van der Waals surface area contributed by atoms with E-state index < -0.39 is 5.54 Å². The smallest absolute Gasteiger partial charge is 0.270 e. The largest absolute Gasteiger partial charge is 0.346 e. The van der Waals surface area contributed by atoms with Crippen LogP contribution in [-0.2, 0) is 12.1 Å². The van der Waals surface area contributed by atoms with Gasteiger partial charge in [-0.25, -0.2) is 9.97 Å². The Labute approximate surface area is 149 Å². The average molecular weight is 350 g/mol. The molecule has 0 atom stereocenters. The van der Waals surface area contributed by atoms with E-state index in [0.717, 1.165) is 17.7 Å². The van der Waals surface area contributed by atoms with Crippen LogP contribution in [0.2, 0.25) is 0 Å². The van der Waals surface area contributed by atoms with Gasteiger partial charge >= 0.3 is 0 Å². The lowest BCUT2D eigenvalue weighted by atomic mass is 10.2. The van der Waals surface area contributed by atoms with E-state index in [9.17, 15) is 4.79 Å². The Morgan fingerprint density at radius 1 is 1.16 bits per heavy atom. The van der Waals surface area contributed by atoms with Crippen LogP contribution in [0.5, 0.6) is 0 Å². The molecule has 1 aliphatic rings. The van der Waals surface area contributed by atoms with E-state index in [1.807, 2.05) is 24.3 Å². The third kappa shape index (κ3) is 3.45. The number of hydrogen-bond acceptors (Lipinski definition) is 5. The van der Waals surface area contributed by atoms with E-state index >= 15 is 0 Å². The van der Waals surface area contributed by atoms with Crippen LogP contribution in [-0.4, -0.2) is 15.9 Å². The van der Waals surface area contributed by atoms with Gasteiger partial charge in [-0.2, -0.15) is 0 Å². The topological polar surface area (TPSA) is 80.9 Å². The lowest BCUT2D eigenvalue weighted by Crippen LogP contribution is -2.27. The van der Waals surface area contributed by atoms with Crippen molar-refractivity contribution < 1.29 is 4.79 Å². The molecule has 126 valence electrons. The van der Waals surface area contributed by atoms with Gasteiger partial charge in [-0.05, 0) is 36.6 Å². The summed E-state index contributed by atoms with van der Waals surface area (Å²) >= 11 is 1.67. The predicted octanol–water partition coefficient (Wildman–Crippen LogP) is 3.08. The van der Waals surface area contributed by atoms with Crippen molar-refractivity contribution in [2.45, 2.75) is 24.9 Å². The zero-order valence-corrected chi connectivity index (χ0v) is 14.4. The molecule has 4 rings (SSSR count). The Balaban J connectivity index is 1.42. The van der Waals surface area contributed by atoms with Crippen LogP contribution in [0.1, 0.15) is 34.0 Å². The van der Waals surface area contributed by atoms with Gasteiger partial charge in [0.15, 0.2) is 0 Å². The van der Waals surface area contributed by atoms with E-state index in [4.69, 9.17) is 5.73 Å². The normalized spacial score (nSPS) is 14.9. The van der Waals surface area contributed by atoms with E-state index in [0.29, 0.717) is 18.1 Å². The van der Waals surface area contributed by atoms with Crippen LogP contribution in [0.4, 0.5) is 0 Å². The number of aromatic nitrogens is 2. The van der Waals surface area contributed by atoms with Gasteiger partial charge in [0.1, 0.15) is 11.5 Å². The SMILES string of the molecule is NC1(c2nccc(C(=O)NCc3ccc(-c4ccccc4)s3)n2)CC1. The number of hydrogen-bond donors (Lipinski definition) is 2. The molecule has 0 spiro atoms. The van der Waals surface area contributed by atoms with E-state index in [1.54, 1.807) is 23.6 Å². The first-order valence-corrected chi connectivity index (χ1v) is 9.00. The minimum Gasteiger partial charge on any atom is -0.346 e. The Kier molecular flexibility index (Phi) is 4.07. The standard InChI is InChI=1S/C19H18N4OS/c20-19(9-10-19)18-21-11-8-15(23-18)17(24)22-12-14-6-7-16(25-14)13-4-2-1-3-5-13/h1-8,11H,9-10,12,20H2,(H,22,24). The van der Waals surface area contributed by atoms with Gasteiger partial charge in [-0.3, -0.25) is 4.79 Å². The molecule has 0 radical (unpaired) electrons. The fourth-order valence-corrected chi connectivity index (χ4v) is 3.52. The summed E-state index contributed by atoms with van der Waals surface area (Å²) in [6.45, 7) is 0.476. The summed E-state index contributed by atoms with van der Waals surface area (Å²) in [5, 5.41) is 2.92.